The van der Waals surface area contributed by atoms with E-state index in [1.165, 1.54) is 0 Å². The van der Waals surface area contributed by atoms with E-state index in [0.29, 0.717) is 11.1 Å². The number of unbranched alkanes of at least 4 members (excludes halogenated alkanes) is 1. The van der Waals surface area contributed by atoms with Gasteiger partial charge in [-0.2, -0.15) is 0 Å². The molecular weight excluding hydrogens is 288 g/mol. The van der Waals surface area contributed by atoms with Gasteiger partial charge in [-0.05, 0) is 42.8 Å². The van der Waals surface area contributed by atoms with Crippen LogP contribution >= 0.6 is 0 Å². The van der Waals surface area contributed by atoms with Gasteiger partial charge < -0.3 is 10.2 Å². The highest BCUT2D eigenvalue weighted by Gasteiger charge is 2.12. The lowest BCUT2D eigenvalue weighted by Gasteiger charge is -2.16. The van der Waals surface area contributed by atoms with Gasteiger partial charge in [-0.15, -0.1) is 0 Å². The first kappa shape index (κ1) is 16.7. The van der Waals surface area contributed by atoms with Crippen LogP contribution in [0, 0.1) is 0 Å². The summed E-state index contributed by atoms with van der Waals surface area (Å²) in [6, 6.07) is 16.0. The Morgan fingerprint density at radius 2 is 1.57 bits per heavy atom. The van der Waals surface area contributed by atoms with Crippen molar-refractivity contribution >= 4 is 17.5 Å². The van der Waals surface area contributed by atoms with Crippen LogP contribution < -0.4 is 5.32 Å². The molecule has 2 amide bonds. The van der Waals surface area contributed by atoms with E-state index in [2.05, 4.69) is 12.2 Å². The number of hydrogen-bond donors (Lipinski definition) is 1. The number of nitrogens with zero attached hydrogens (tertiary/aromatic N) is 1. The summed E-state index contributed by atoms with van der Waals surface area (Å²) in [7, 11) is 1.80. The van der Waals surface area contributed by atoms with Gasteiger partial charge in [-0.25, -0.2) is 0 Å². The predicted molar refractivity (Wildman–Crippen MR) is 92.7 cm³/mol. The Bertz CT molecular complexity index is 651. The summed E-state index contributed by atoms with van der Waals surface area (Å²) in [4.78, 5) is 26.1. The molecule has 23 heavy (non-hydrogen) atoms. The highest BCUT2D eigenvalue weighted by atomic mass is 16.2. The Hall–Kier alpha value is -2.62. The minimum Gasteiger partial charge on any atom is -0.342 e. The number of para-hydroxylation sites is 1. The number of nitrogens with one attached hydrogen (secondary N) is 1. The smallest absolute Gasteiger partial charge is 0.255 e. The van der Waals surface area contributed by atoms with Crippen LogP contribution in [-0.2, 0) is 0 Å². The Balaban J connectivity index is 2.01. The third-order valence-corrected chi connectivity index (χ3v) is 3.62. The van der Waals surface area contributed by atoms with Crippen molar-refractivity contribution in [2.45, 2.75) is 19.8 Å². The Kier molecular flexibility index (Phi) is 5.92. The molecule has 4 nitrogen and oxygen atoms in total. The van der Waals surface area contributed by atoms with Crippen molar-refractivity contribution in [1.82, 2.24) is 4.90 Å². The van der Waals surface area contributed by atoms with Crippen molar-refractivity contribution in [3.8, 4) is 0 Å². The molecule has 1 N–H and O–H groups in total. The van der Waals surface area contributed by atoms with E-state index >= 15 is 0 Å². The zero-order chi connectivity index (χ0) is 16.7. The third kappa shape index (κ3) is 4.68. The number of hydrogen-bond acceptors (Lipinski definition) is 2. The third-order valence-electron chi connectivity index (χ3n) is 3.62. The lowest BCUT2D eigenvalue weighted by molar-refractivity contribution is 0.0792. The highest BCUT2D eigenvalue weighted by Crippen LogP contribution is 2.11. The van der Waals surface area contributed by atoms with Gasteiger partial charge in [0.2, 0.25) is 0 Å². The van der Waals surface area contributed by atoms with Gasteiger partial charge in [0.25, 0.3) is 11.8 Å². The van der Waals surface area contributed by atoms with Crippen LogP contribution in [0.15, 0.2) is 54.6 Å². The molecule has 2 aromatic rings. The summed E-state index contributed by atoms with van der Waals surface area (Å²) in [6.07, 6.45) is 2.04. The van der Waals surface area contributed by atoms with Gasteiger partial charge in [0.05, 0.1) is 0 Å². The lowest BCUT2D eigenvalue weighted by atomic mass is 10.1. The molecule has 4 heteroatoms. The molecule has 0 radical (unpaired) electrons. The summed E-state index contributed by atoms with van der Waals surface area (Å²) in [5, 5.41) is 2.82. The number of carbonyl (C=O) groups is 2. The molecule has 120 valence electrons. The van der Waals surface area contributed by atoms with Crippen LogP contribution in [0.3, 0.4) is 0 Å². The molecule has 0 fully saturated rings. The van der Waals surface area contributed by atoms with Gasteiger partial charge in [0.1, 0.15) is 0 Å². The van der Waals surface area contributed by atoms with E-state index in [0.717, 1.165) is 25.1 Å². The van der Waals surface area contributed by atoms with Crippen LogP contribution in [0.1, 0.15) is 40.5 Å². The van der Waals surface area contributed by atoms with E-state index in [1.54, 1.807) is 36.2 Å². The minimum absolute atomic E-state index is 0.0199. The molecule has 0 heterocycles. The summed E-state index contributed by atoms with van der Waals surface area (Å²) >= 11 is 0. The van der Waals surface area contributed by atoms with E-state index in [-0.39, 0.29) is 11.8 Å². The molecule has 2 rings (SSSR count). The molecule has 0 aliphatic rings. The fourth-order valence-corrected chi connectivity index (χ4v) is 2.21. The molecule has 0 aliphatic heterocycles. The first-order valence-electron chi connectivity index (χ1n) is 7.83. The number of carbonyl (C=O) groups excluding carboxylic acids is 2. The van der Waals surface area contributed by atoms with Gasteiger partial charge in [-0.3, -0.25) is 9.59 Å². The van der Waals surface area contributed by atoms with Crippen molar-refractivity contribution in [3.05, 3.63) is 65.7 Å². The molecule has 0 saturated carbocycles. The fourth-order valence-electron chi connectivity index (χ4n) is 2.21. The van der Waals surface area contributed by atoms with Gasteiger partial charge in [-0.1, -0.05) is 31.5 Å². The normalized spacial score (nSPS) is 10.2. The standard InChI is InChI=1S/C19H22N2O2/c1-3-4-14-21(2)19(23)16-12-10-15(11-13-16)18(22)20-17-8-6-5-7-9-17/h5-13H,3-4,14H2,1-2H3,(H,20,22). The van der Waals surface area contributed by atoms with Crippen LogP contribution in [0.2, 0.25) is 0 Å². The molecular formula is C19H22N2O2. The van der Waals surface area contributed by atoms with Crippen LogP contribution in [0.4, 0.5) is 5.69 Å². The minimum atomic E-state index is -0.186. The zero-order valence-corrected chi connectivity index (χ0v) is 13.6. The quantitative estimate of drug-likeness (QED) is 0.882. The average Bonchev–Trinajstić information content (AvgIpc) is 2.60. The first-order valence-corrected chi connectivity index (χ1v) is 7.83. The summed E-state index contributed by atoms with van der Waals surface area (Å²) in [5.41, 5.74) is 1.87. The molecule has 0 atom stereocenters. The summed E-state index contributed by atoms with van der Waals surface area (Å²) < 4.78 is 0. The maximum Gasteiger partial charge on any atom is 0.255 e. The largest absolute Gasteiger partial charge is 0.342 e. The van der Waals surface area contributed by atoms with Crippen molar-refractivity contribution in [3.63, 3.8) is 0 Å². The van der Waals surface area contributed by atoms with Crippen LogP contribution in [0.25, 0.3) is 0 Å². The molecule has 0 bridgehead atoms. The van der Waals surface area contributed by atoms with Gasteiger partial charge >= 0.3 is 0 Å². The zero-order valence-electron chi connectivity index (χ0n) is 13.6. The number of amides is 2. The first-order chi connectivity index (χ1) is 11.1. The SMILES string of the molecule is CCCCN(C)C(=O)c1ccc(C(=O)Nc2ccccc2)cc1. The topological polar surface area (TPSA) is 49.4 Å². The second-order valence-corrected chi connectivity index (χ2v) is 5.48. The van der Waals surface area contributed by atoms with Gasteiger partial charge in [0.15, 0.2) is 0 Å². The Morgan fingerprint density at radius 3 is 2.17 bits per heavy atom. The Morgan fingerprint density at radius 1 is 0.957 bits per heavy atom. The second-order valence-electron chi connectivity index (χ2n) is 5.48. The number of anilines is 1. The van der Waals surface area contributed by atoms with Crippen molar-refractivity contribution in [2.75, 3.05) is 18.9 Å². The Labute approximate surface area is 137 Å². The van der Waals surface area contributed by atoms with E-state index in [1.807, 2.05) is 30.3 Å². The predicted octanol–water partition coefficient (Wildman–Crippen LogP) is 3.81. The summed E-state index contributed by atoms with van der Waals surface area (Å²) in [5.74, 6) is -0.206. The molecule has 0 aromatic heterocycles. The van der Waals surface area contributed by atoms with Crippen LogP contribution in [0.5, 0.6) is 0 Å². The van der Waals surface area contributed by atoms with Crippen molar-refractivity contribution < 1.29 is 9.59 Å². The second kappa shape index (κ2) is 8.13. The lowest BCUT2D eigenvalue weighted by Crippen LogP contribution is -2.27. The van der Waals surface area contributed by atoms with E-state index in [9.17, 15) is 9.59 Å². The number of benzene rings is 2. The van der Waals surface area contributed by atoms with Crippen molar-refractivity contribution in [1.29, 1.82) is 0 Å². The average molecular weight is 310 g/mol. The molecule has 0 saturated heterocycles. The number of rotatable bonds is 6. The molecule has 0 unspecified atom stereocenters. The highest BCUT2D eigenvalue weighted by molar-refractivity contribution is 6.05. The monoisotopic (exact) mass is 310 g/mol. The maximum atomic E-state index is 12.2. The summed E-state index contributed by atoms with van der Waals surface area (Å²) in [6.45, 7) is 2.84. The molecule has 0 spiro atoms. The van der Waals surface area contributed by atoms with Crippen molar-refractivity contribution in [2.24, 2.45) is 0 Å². The van der Waals surface area contributed by atoms with E-state index < -0.39 is 0 Å². The van der Waals surface area contributed by atoms with Gasteiger partial charge in [0, 0.05) is 30.4 Å². The van der Waals surface area contributed by atoms with E-state index in [4.69, 9.17) is 0 Å². The fraction of sp³-hybridized carbons (Fsp3) is 0.263. The molecule has 2 aromatic carbocycles. The maximum absolute atomic E-state index is 12.2. The van der Waals surface area contributed by atoms with Crippen LogP contribution in [-0.4, -0.2) is 30.3 Å². The molecule has 0 aliphatic carbocycles.